The van der Waals surface area contributed by atoms with Crippen molar-refractivity contribution in [2.24, 2.45) is 10.3 Å². The first-order valence-electron chi connectivity index (χ1n) is 3.65. The molecule has 1 N–H and O–H groups in total. The first-order valence-corrected chi connectivity index (χ1v) is 4.50. The van der Waals surface area contributed by atoms with Gasteiger partial charge in [-0.2, -0.15) is 0 Å². The van der Waals surface area contributed by atoms with Crippen LogP contribution in [-0.2, 0) is 0 Å². The Labute approximate surface area is 65.8 Å². The zero-order valence-electron chi connectivity index (χ0n) is 6.68. The van der Waals surface area contributed by atoms with Crippen molar-refractivity contribution in [1.29, 1.82) is 0 Å². The summed E-state index contributed by atoms with van der Waals surface area (Å²) in [5.41, 5.74) is 0. The van der Waals surface area contributed by atoms with Gasteiger partial charge in [-0.05, 0) is 0 Å². The standard InChI is InChI=1S/C7H14N2S/c1-4-6-8-7(5(2)3)10-9-6/h5,10H,4H2,1-3H3,(H,8,9). The number of nitrogens with zero attached hydrogens (tertiary/aromatic N) is 1. The molecule has 1 aliphatic heterocycles. The number of hydrogen-bond acceptors (Lipinski definition) is 2. The fraction of sp³-hybridized carbons (Fsp3) is 0.714. The van der Waals surface area contributed by atoms with Gasteiger partial charge in [0.15, 0.2) is 0 Å². The molecule has 0 amide bonds. The Morgan fingerprint density at radius 3 is 2.60 bits per heavy atom. The Balaban J connectivity index is 2.48. The van der Waals surface area contributed by atoms with E-state index in [0.717, 1.165) is 23.8 Å². The van der Waals surface area contributed by atoms with E-state index in [1.54, 1.807) is 0 Å². The van der Waals surface area contributed by atoms with Crippen molar-refractivity contribution >= 4 is 22.4 Å². The monoisotopic (exact) mass is 158 g/mol. The Morgan fingerprint density at radius 2 is 2.30 bits per heavy atom. The predicted molar refractivity (Wildman–Crippen MR) is 49.7 cm³/mol. The largest absolute Gasteiger partial charge is 0.341 e. The normalized spacial score (nSPS) is 17.6. The van der Waals surface area contributed by atoms with Gasteiger partial charge in [0.05, 0.1) is 4.99 Å². The Morgan fingerprint density at radius 1 is 1.60 bits per heavy atom. The summed E-state index contributed by atoms with van der Waals surface area (Å²) in [5, 5.41) is 3.29. The number of amidine groups is 1. The topological polar surface area (TPSA) is 24.4 Å². The van der Waals surface area contributed by atoms with Gasteiger partial charge in [-0.15, -0.1) is 0 Å². The third kappa shape index (κ3) is 1.59. The van der Waals surface area contributed by atoms with Gasteiger partial charge < -0.3 is 5.32 Å². The molecule has 1 rings (SSSR count). The highest BCUT2D eigenvalue weighted by atomic mass is 32.1. The summed E-state index contributed by atoms with van der Waals surface area (Å²) in [6.07, 6.45) is 1.02. The minimum atomic E-state index is 0.606. The van der Waals surface area contributed by atoms with E-state index in [-0.39, 0.29) is 0 Å². The average molecular weight is 158 g/mol. The Hall–Kier alpha value is -0.310. The van der Waals surface area contributed by atoms with Crippen molar-refractivity contribution in [3.05, 3.63) is 0 Å². The van der Waals surface area contributed by atoms with Crippen molar-refractivity contribution in [2.45, 2.75) is 27.2 Å². The number of rotatable bonds is 2. The summed E-state index contributed by atoms with van der Waals surface area (Å²) in [5.74, 6) is 1.74. The molecule has 0 atom stereocenters. The lowest BCUT2D eigenvalue weighted by atomic mass is 10.2. The molecule has 0 aromatic heterocycles. The molecule has 1 aliphatic rings. The van der Waals surface area contributed by atoms with Crippen LogP contribution in [0.2, 0.25) is 0 Å². The van der Waals surface area contributed by atoms with E-state index < -0.39 is 0 Å². The first kappa shape index (κ1) is 7.79. The number of hydrogen-bond donors (Lipinski definition) is 2. The van der Waals surface area contributed by atoms with Crippen LogP contribution in [0, 0.1) is 5.92 Å². The summed E-state index contributed by atoms with van der Waals surface area (Å²) in [6.45, 7) is 6.48. The van der Waals surface area contributed by atoms with E-state index in [9.17, 15) is 0 Å². The van der Waals surface area contributed by atoms with E-state index in [2.05, 4.69) is 30.5 Å². The van der Waals surface area contributed by atoms with Crippen LogP contribution in [0.4, 0.5) is 0 Å². The second-order valence-corrected chi connectivity index (χ2v) is 3.55. The Bertz CT molecular complexity index is 182. The molecule has 0 saturated heterocycles. The molecule has 0 aromatic rings. The minimum absolute atomic E-state index is 0.606. The molecular formula is C7H14N2S. The number of nitrogens with one attached hydrogen (secondary N) is 1. The van der Waals surface area contributed by atoms with Gasteiger partial charge in [0, 0.05) is 12.3 Å². The van der Waals surface area contributed by atoms with Gasteiger partial charge in [-0.25, -0.2) is 4.40 Å². The van der Waals surface area contributed by atoms with Crippen molar-refractivity contribution in [3.63, 3.8) is 0 Å². The van der Waals surface area contributed by atoms with Crippen LogP contribution in [0.1, 0.15) is 27.2 Å². The third-order valence-electron chi connectivity index (χ3n) is 1.43. The molecule has 0 fully saturated rings. The zero-order valence-corrected chi connectivity index (χ0v) is 7.57. The summed E-state index contributed by atoms with van der Waals surface area (Å²) in [4.78, 5) is 1.33. The predicted octanol–water partition coefficient (Wildman–Crippen LogP) is 1.56. The van der Waals surface area contributed by atoms with E-state index in [0.29, 0.717) is 5.92 Å². The third-order valence-corrected chi connectivity index (χ3v) is 2.62. The maximum absolute atomic E-state index is 4.30. The van der Waals surface area contributed by atoms with Crippen LogP contribution in [0.5, 0.6) is 0 Å². The van der Waals surface area contributed by atoms with Crippen molar-refractivity contribution in [1.82, 2.24) is 5.32 Å². The van der Waals surface area contributed by atoms with Crippen LogP contribution >= 0.6 is 11.5 Å². The number of thiol groups is 1. The van der Waals surface area contributed by atoms with Gasteiger partial charge in [-0.1, -0.05) is 32.3 Å². The molecule has 0 spiro atoms. The summed E-state index contributed by atoms with van der Waals surface area (Å²) >= 11 is 1.12. The maximum Gasteiger partial charge on any atom is 0.113 e. The molecule has 0 radical (unpaired) electrons. The van der Waals surface area contributed by atoms with Crippen LogP contribution in [-0.4, -0.2) is 10.8 Å². The van der Waals surface area contributed by atoms with Crippen LogP contribution < -0.4 is 5.32 Å². The smallest absolute Gasteiger partial charge is 0.113 e. The average Bonchev–Trinajstić information content (AvgIpc) is 2.34. The first-order chi connectivity index (χ1) is 4.74. The molecule has 0 bridgehead atoms. The van der Waals surface area contributed by atoms with E-state index >= 15 is 0 Å². The van der Waals surface area contributed by atoms with Crippen LogP contribution in [0.25, 0.3) is 0 Å². The van der Waals surface area contributed by atoms with Crippen LogP contribution in [0.15, 0.2) is 4.40 Å². The molecule has 0 aromatic carbocycles. The van der Waals surface area contributed by atoms with Crippen LogP contribution in [0.3, 0.4) is 0 Å². The molecule has 2 nitrogen and oxygen atoms in total. The van der Waals surface area contributed by atoms with E-state index in [4.69, 9.17) is 0 Å². The SMILES string of the molecule is CCC1=N[SH]=C(C(C)C)N1. The van der Waals surface area contributed by atoms with Gasteiger partial charge in [0.1, 0.15) is 5.84 Å². The minimum Gasteiger partial charge on any atom is -0.341 e. The summed E-state index contributed by atoms with van der Waals surface area (Å²) < 4.78 is 4.30. The second-order valence-electron chi connectivity index (χ2n) is 2.67. The lowest BCUT2D eigenvalue weighted by Crippen LogP contribution is -2.28. The lowest BCUT2D eigenvalue weighted by molar-refractivity contribution is 0.875. The lowest BCUT2D eigenvalue weighted by Gasteiger charge is -2.06. The molecule has 1 heterocycles. The van der Waals surface area contributed by atoms with Gasteiger partial charge >= 0.3 is 0 Å². The molecule has 58 valence electrons. The van der Waals surface area contributed by atoms with Crippen molar-refractivity contribution in [2.75, 3.05) is 0 Å². The molecule has 0 unspecified atom stereocenters. The summed E-state index contributed by atoms with van der Waals surface area (Å²) in [6, 6.07) is 0. The fourth-order valence-corrected chi connectivity index (χ4v) is 1.56. The molecule has 10 heavy (non-hydrogen) atoms. The fourth-order valence-electron chi connectivity index (χ4n) is 0.731. The van der Waals surface area contributed by atoms with Gasteiger partial charge in [0.25, 0.3) is 0 Å². The van der Waals surface area contributed by atoms with E-state index in [1.807, 2.05) is 0 Å². The summed E-state index contributed by atoms with van der Waals surface area (Å²) in [7, 11) is 0. The molecule has 3 heteroatoms. The van der Waals surface area contributed by atoms with Gasteiger partial charge in [-0.3, -0.25) is 0 Å². The van der Waals surface area contributed by atoms with Gasteiger partial charge in [0.2, 0.25) is 0 Å². The Kier molecular flexibility index (Phi) is 2.49. The maximum atomic E-state index is 4.30. The second kappa shape index (κ2) is 3.19. The van der Waals surface area contributed by atoms with Crippen molar-refractivity contribution < 1.29 is 0 Å². The highest BCUT2D eigenvalue weighted by Crippen LogP contribution is 2.08. The van der Waals surface area contributed by atoms with Crippen molar-refractivity contribution in [3.8, 4) is 0 Å². The zero-order chi connectivity index (χ0) is 7.56. The van der Waals surface area contributed by atoms with E-state index in [1.165, 1.54) is 4.99 Å². The quantitative estimate of drug-likeness (QED) is 0.462. The molecule has 0 saturated carbocycles. The highest BCUT2D eigenvalue weighted by Gasteiger charge is 2.09. The molecular weight excluding hydrogens is 144 g/mol. The molecule has 0 aliphatic carbocycles. The highest BCUT2D eigenvalue weighted by molar-refractivity contribution is 7.98.